The van der Waals surface area contributed by atoms with Crippen molar-refractivity contribution in [3.05, 3.63) is 34.7 Å². The predicted molar refractivity (Wildman–Crippen MR) is 77.8 cm³/mol. The zero-order valence-electron chi connectivity index (χ0n) is 9.81. The Kier molecular flexibility index (Phi) is 3.90. The molecule has 1 aromatic heterocycles. The van der Waals surface area contributed by atoms with Crippen molar-refractivity contribution in [1.29, 1.82) is 0 Å². The van der Waals surface area contributed by atoms with Gasteiger partial charge in [0.1, 0.15) is 0 Å². The fourth-order valence-electron chi connectivity index (χ4n) is 2.55. The number of benzene rings is 1. The number of hydrogen-bond donors (Lipinski definition) is 2. The first kappa shape index (κ1) is 13.3. The van der Waals surface area contributed by atoms with Gasteiger partial charge in [-0.3, -0.25) is 4.79 Å². The molecular weight excluding hydrogens is 268 g/mol. The summed E-state index contributed by atoms with van der Waals surface area (Å²) < 4.78 is 1.16. The maximum Gasteiger partial charge on any atom is 0.259 e. The van der Waals surface area contributed by atoms with E-state index in [4.69, 9.17) is 5.73 Å². The molecule has 0 bridgehead atoms. The van der Waals surface area contributed by atoms with E-state index in [0.29, 0.717) is 5.92 Å². The van der Waals surface area contributed by atoms with Crippen molar-refractivity contribution in [3.8, 4) is 0 Å². The molecule has 3 nitrogen and oxygen atoms in total. The molecule has 5 heteroatoms. The Morgan fingerprint density at radius 1 is 1.39 bits per heavy atom. The second-order valence-electron chi connectivity index (χ2n) is 4.39. The van der Waals surface area contributed by atoms with E-state index in [1.54, 1.807) is 0 Å². The average molecular weight is 283 g/mol. The molecule has 2 aromatic rings. The monoisotopic (exact) mass is 282 g/mol. The summed E-state index contributed by atoms with van der Waals surface area (Å²) in [5.41, 5.74) is 6.65. The first-order valence-corrected chi connectivity index (χ1v) is 6.61. The summed E-state index contributed by atoms with van der Waals surface area (Å²) >= 11 is 1.52. The third-order valence-electron chi connectivity index (χ3n) is 3.33. The van der Waals surface area contributed by atoms with Crippen LogP contribution in [0.3, 0.4) is 0 Å². The third-order valence-corrected chi connectivity index (χ3v) is 4.53. The predicted octanol–water partition coefficient (Wildman–Crippen LogP) is 2.50. The molecule has 1 atom stereocenters. The van der Waals surface area contributed by atoms with Gasteiger partial charge in [-0.2, -0.15) is 0 Å². The number of fused-ring (bicyclic) bond motifs is 1. The lowest BCUT2D eigenvalue weighted by atomic mass is 9.95. The van der Waals surface area contributed by atoms with Crippen LogP contribution >= 0.6 is 23.7 Å². The number of hydrogen-bond acceptors (Lipinski definition) is 3. The molecule has 1 fully saturated rings. The van der Waals surface area contributed by atoms with Gasteiger partial charge in [-0.15, -0.1) is 23.7 Å². The number of primary amides is 1. The van der Waals surface area contributed by atoms with Crippen molar-refractivity contribution < 1.29 is 4.79 Å². The fourth-order valence-corrected chi connectivity index (χ4v) is 3.70. The van der Waals surface area contributed by atoms with Gasteiger partial charge in [-0.05, 0) is 35.9 Å². The molecule has 1 unspecified atom stereocenters. The Balaban J connectivity index is 0.00000120. The molecule has 96 valence electrons. The van der Waals surface area contributed by atoms with E-state index in [2.05, 4.69) is 17.4 Å². The molecular formula is C13H15ClN2OS. The average Bonchev–Trinajstić information content (AvgIpc) is 2.94. The quantitative estimate of drug-likeness (QED) is 0.889. The molecule has 0 spiro atoms. The Hall–Kier alpha value is -1.10. The van der Waals surface area contributed by atoms with Gasteiger partial charge in [0.25, 0.3) is 5.91 Å². The van der Waals surface area contributed by atoms with Gasteiger partial charge in [0, 0.05) is 11.2 Å². The van der Waals surface area contributed by atoms with Gasteiger partial charge < -0.3 is 11.1 Å². The molecule has 1 amide bonds. The van der Waals surface area contributed by atoms with Crippen molar-refractivity contribution in [2.45, 2.75) is 12.3 Å². The number of halogens is 1. The summed E-state index contributed by atoms with van der Waals surface area (Å²) in [7, 11) is 0. The summed E-state index contributed by atoms with van der Waals surface area (Å²) in [6.45, 7) is 1.97. The van der Waals surface area contributed by atoms with Crippen LogP contribution < -0.4 is 11.1 Å². The number of rotatable bonds is 2. The van der Waals surface area contributed by atoms with E-state index in [1.165, 1.54) is 16.7 Å². The zero-order valence-corrected chi connectivity index (χ0v) is 11.4. The van der Waals surface area contributed by atoms with Gasteiger partial charge in [0.2, 0.25) is 0 Å². The van der Waals surface area contributed by atoms with Gasteiger partial charge in [-0.25, -0.2) is 0 Å². The van der Waals surface area contributed by atoms with E-state index in [1.807, 2.05) is 12.1 Å². The number of amides is 1. The molecule has 1 aromatic carbocycles. The highest BCUT2D eigenvalue weighted by Crippen LogP contribution is 2.38. The lowest BCUT2D eigenvalue weighted by Gasteiger charge is -2.09. The lowest BCUT2D eigenvalue weighted by molar-refractivity contribution is 0.100. The van der Waals surface area contributed by atoms with Crippen LogP contribution in [-0.2, 0) is 0 Å². The van der Waals surface area contributed by atoms with Crippen LogP contribution in [0.2, 0.25) is 0 Å². The van der Waals surface area contributed by atoms with E-state index in [0.717, 1.165) is 34.7 Å². The molecule has 3 rings (SSSR count). The van der Waals surface area contributed by atoms with Crippen LogP contribution in [-0.4, -0.2) is 19.0 Å². The summed E-state index contributed by atoms with van der Waals surface area (Å²) in [6, 6.07) is 8.16. The number of nitrogens with one attached hydrogen (secondary N) is 1. The van der Waals surface area contributed by atoms with Gasteiger partial charge in [0.15, 0.2) is 0 Å². The largest absolute Gasteiger partial charge is 0.365 e. The van der Waals surface area contributed by atoms with E-state index < -0.39 is 0 Å². The van der Waals surface area contributed by atoms with Gasteiger partial charge in [0.05, 0.1) is 4.88 Å². The second kappa shape index (κ2) is 5.26. The van der Waals surface area contributed by atoms with Gasteiger partial charge >= 0.3 is 0 Å². The van der Waals surface area contributed by atoms with Gasteiger partial charge in [-0.1, -0.05) is 18.2 Å². The molecule has 0 saturated carbocycles. The van der Waals surface area contributed by atoms with Crippen molar-refractivity contribution in [1.82, 2.24) is 5.32 Å². The summed E-state index contributed by atoms with van der Waals surface area (Å²) in [6.07, 6.45) is 1.08. The SMILES string of the molecule is Cl.NC(=O)c1sc2ccccc2c1C1CCNC1. The number of carbonyl (C=O) groups excluding carboxylic acids is 1. The summed E-state index contributed by atoms with van der Waals surface area (Å²) in [5.74, 6) is 0.127. The lowest BCUT2D eigenvalue weighted by Crippen LogP contribution is -2.14. The number of thiophene rings is 1. The number of nitrogens with two attached hydrogens (primary N) is 1. The highest BCUT2D eigenvalue weighted by Gasteiger charge is 2.25. The molecule has 3 N–H and O–H groups in total. The van der Waals surface area contributed by atoms with Crippen molar-refractivity contribution in [3.63, 3.8) is 0 Å². The van der Waals surface area contributed by atoms with Crippen LogP contribution in [0.1, 0.15) is 27.6 Å². The third kappa shape index (κ3) is 2.11. The van der Waals surface area contributed by atoms with Crippen molar-refractivity contribution in [2.24, 2.45) is 5.73 Å². The summed E-state index contributed by atoms with van der Waals surface area (Å²) in [4.78, 5) is 12.3. The van der Waals surface area contributed by atoms with Crippen LogP contribution in [0.5, 0.6) is 0 Å². The van der Waals surface area contributed by atoms with Crippen LogP contribution in [0.15, 0.2) is 24.3 Å². The molecule has 1 aliphatic rings. The Labute approximate surface area is 116 Å². The Morgan fingerprint density at radius 3 is 2.83 bits per heavy atom. The van der Waals surface area contributed by atoms with E-state index in [9.17, 15) is 4.79 Å². The van der Waals surface area contributed by atoms with E-state index >= 15 is 0 Å². The van der Waals surface area contributed by atoms with Crippen molar-refractivity contribution >= 4 is 39.7 Å². The Morgan fingerprint density at radius 2 is 2.17 bits per heavy atom. The molecule has 1 saturated heterocycles. The topological polar surface area (TPSA) is 55.1 Å². The molecule has 18 heavy (non-hydrogen) atoms. The first-order valence-electron chi connectivity index (χ1n) is 5.79. The van der Waals surface area contributed by atoms with Crippen LogP contribution in [0.25, 0.3) is 10.1 Å². The smallest absolute Gasteiger partial charge is 0.259 e. The minimum absolute atomic E-state index is 0. The highest BCUT2D eigenvalue weighted by molar-refractivity contribution is 7.21. The van der Waals surface area contributed by atoms with Crippen LogP contribution in [0.4, 0.5) is 0 Å². The molecule has 0 radical (unpaired) electrons. The zero-order chi connectivity index (χ0) is 11.8. The highest BCUT2D eigenvalue weighted by atomic mass is 35.5. The molecule has 0 aliphatic carbocycles. The Bertz CT molecular complexity index is 575. The van der Waals surface area contributed by atoms with Crippen LogP contribution in [0, 0.1) is 0 Å². The summed E-state index contributed by atoms with van der Waals surface area (Å²) in [5, 5.41) is 4.54. The normalized spacial score (nSPS) is 18.8. The second-order valence-corrected chi connectivity index (χ2v) is 5.45. The fraction of sp³-hybridized carbons (Fsp3) is 0.308. The first-order chi connectivity index (χ1) is 8.27. The molecule has 1 aliphatic heterocycles. The number of carbonyl (C=O) groups is 1. The maximum atomic E-state index is 11.6. The minimum Gasteiger partial charge on any atom is -0.365 e. The molecule has 2 heterocycles. The minimum atomic E-state index is -0.298. The maximum absolute atomic E-state index is 11.6. The van der Waals surface area contributed by atoms with E-state index in [-0.39, 0.29) is 18.3 Å². The standard InChI is InChI=1S/C13H14N2OS.ClH/c14-13(16)12-11(8-5-6-15-7-8)9-3-1-2-4-10(9)17-12;/h1-4,8,15H,5-7H2,(H2,14,16);1H. The van der Waals surface area contributed by atoms with Crippen molar-refractivity contribution in [2.75, 3.05) is 13.1 Å².